The van der Waals surface area contributed by atoms with E-state index in [-0.39, 0.29) is 23.9 Å². The zero-order valence-corrected chi connectivity index (χ0v) is 9.69. The highest BCUT2D eigenvalue weighted by Gasteiger charge is 2.17. The molecule has 0 aliphatic rings. The van der Waals surface area contributed by atoms with Crippen LogP contribution in [0.5, 0.6) is 0 Å². The van der Waals surface area contributed by atoms with Gasteiger partial charge in [-0.3, -0.25) is 9.89 Å². The van der Waals surface area contributed by atoms with Crippen molar-refractivity contribution in [2.24, 2.45) is 0 Å². The van der Waals surface area contributed by atoms with Gasteiger partial charge in [0.1, 0.15) is 17.1 Å². The number of rotatable bonds is 4. The summed E-state index contributed by atoms with van der Waals surface area (Å²) in [5.41, 5.74) is 0.580. The summed E-state index contributed by atoms with van der Waals surface area (Å²) in [4.78, 5) is 26.1. The second kappa shape index (κ2) is 5.17. The van der Waals surface area contributed by atoms with Gasteiger partial charge < -0.3 is 15.0 Å². The van der Waals surface area contributed by atoms with Crippen LogP contribution in [0.25, 0.3) is 0 Å². The third-order valence-electron chi connectivity index (χ3n) is 2.22. The van der Waals surface area contributed by atoms with E-state index in [1.807, 2.05) is 0 Å². The number of aromatic amines is 2. The van der Waals surface area contributed by atoms with Crippen molar-refractivity contribution in [2.45, 2.75) is 6.92 Å². The number of nitrogens with one attached hydrogen (secondary N) is 3. The van der Waals surface area contributed by atoms with Gasteiger partial charge in [0.05, 0.1) is 12.8 Å². The molecular formula is C11H12N4O3. The molecule has 0 saturated heterocycles. The number of nitrogens with zero attached hydrogens (tertiary/aromatic N) is 1. The molecular weight excluding hydrogens is 236 g/mol. The monoisotopic (exact) mass is 248 g/mol. The van der Waals surface area contributed by atoms with Gasteiger partial charge >= 0.3 is 5.97 Å². The fraction of sp³-hybridized carbons (Fsp3) is 0.182. The molecule has 94 valence electrons. The van der Waals surface area contributed by atoms with Gasteiger partial charge in [-0.15, -0.1) is 0 Å². The molecule has 2 rings (SSSR count). The number of ether oxygens (including phenoxy) is 1. The number of hydrogen-bond acceptors (Lipinski definition) is 4. The molecule has 0 unspecified atom stereocenters. The van der Waals surface area contributed by atoms with E-state index in [9.17, 15) is 9.59 Å². The second-order valence-corrected chi connectivity index (χ2v) is 3.42. The predicted molar refractivity (Wildman–Crippen MR) is 63.3 cm³/mol. The zero-order valence-electron chi connectivity index (χ0n) is 9.69. The molecule has 0 radical (unpaired) electrons. The standard InChI is InChI=1S/C11H12N4O3/c1-2-18-11(17)7-6-13-15-9(7)14-10(16)8-4-3-5-12-8/h3-6,12H,2H2,1H3,(H2,13,14,15,16). The molecule has 18 heavy (non-hydrogen) atoms. The fourth-order valence-corrected chi connectivity index (χ4v) is 1.40. The SMILES string of the molecule is CCOC(=O)c1cn[nH]c1NC(=O)c1ccc[nH]1. The van der Waals surface area contributed by atoms with Gasteiger partial charge in [-0.25, -0.2) is 4.79 Å². The average Bonchev–Trinajstić information content (AvgIpc) is 2.99. The van der Waals surface area contributed by atoms with Crippen molar-refractivity contribution < 1.29 is 14.3 Å². The Kier molecular flexibility index (Phi) is 3.42. The van der Waals surface area contributed by atoms with Crippen molar-refractivity contribution in [1.82, 2.24) is 15.2 Å². The number of carbonyl (C=O) groups is 2. The highest BCUT2D eigenvalue weighted by Crippen LogP contribution is 2.13. The van der Waals surface area contributed by atoms with Crippen molar-refractivity contribution >= 4 is 17.7 Å². The molecule has 2 aromatic rings. The van der Waals surface area contributed by atoms with E-state index in [1.54, 1.807) is 25.3 Å². The van der Waals surface area contributed by atoms with Gasteiger partial charge in [0, 0.05) is 6.20 Å². The molecule has 0 spiro atoms. The molecule has 7 nitrogen and oxygen atoms in total. The lowest BCUT2D eigenvalue weighted by atomic mass is 10.3. The van der Waals surface area contributed by atoms with Crippen molar-refractivity contribution in [3.8, 4) is 0 Å². The molecule has 2 heterocycles. The van der Waals surface area contributed by atoms with Crippen LogP contribution in [0.15, 0.2) is 24.5 Å². The topological polar surface area (TPSA) is 99.9 Å². The smallest absolute Gasteiger partial charge is 0.343 e. The first-order valence-corrected chi connectivity index (χ1v) is 5.37. The Morgan fingerprint density at radius 1 is 1.50 bits per heavy atom. The molecule has 0 aliphatic heterocycles. The third kappa shape index (κ3) is 2.40. The summed E-state index contributed by atoms with van der Waals surface area (Å²) < 4.78 is 4.84. The predicted octanol–water partition coefficient (Wildman–Crippen LogP) is 1.17. The minimum atomic E-state index is -0.534. The van der Waals surface area contributed by atoms with Crippen molar-refractivity contribution in [3.63, 3.8) is 0 Å². The first-order chi connectivity index (χ1) is 8.72. The van der Waals surface area contributed by atoms with Crippen LogP contribution in [0.3, 0.4) is 0 Å². The van der Waals surface area contributed by atoms with E-state index in [1.165, 1.54) is 6.20 Å². The lowest BCUT2D eigenvalue weighted by molar-refractivity contribution is 0.0527. The van der Waals surface area contributed by atoms with E-state index in [2.05, 4.69) is 20.5 Å². The summed E-state index contributed by atoms with van der Waals surface area (Å²) in [6.07, 6.45) is 2.94. The van der Waals surface area contributed by atoms with Gasteiger partial charge in [0.2, 0.25) is 0 Å². The highest BCUT2D eigenvalue weighted by molar-refractivity contribution is 6.06. The van der Waals surface area contributed by atoms with Gasteiger partial charge in [-0.1, -0.05) is 0 Å². The van der Waals surface area contributed by atoms with Gasteiger partial charge in [-0.05, 0) is 19.1 Å². The van der Waals surface area contributed by atoms with Gasteiger partial charge in [-0.2, -0.15) is 5.10 Å². The fourth-order valence-electron chi connectivity index (χ4n) is 1.40. The Morgan fingerprint density at radius 2 is 2.33 bits per heavy atom. The summed E-state index contributed by atoms with van der Waals surface area (Å²) in [6.45, 7) is 1.96. The molecule has 0 bridgehead atoms. The molecule has 0 aliphatic carbocycles. The maximum Gasteiger partial charge on any atom is 0.343 e. The van der Waals surface area contributed by atoms with Crippen molar-refractivity contribution in [2.75, 3.05) is 11.9 Å². The first-order valence-electron chi connectivity index (χ1n) is 5.37. The van der Waals surface area contributed by atoms with Crippen molar-refractivity contribution in [3.05, 3.63) is 35.8 Å². The Labute approximate surface area is 103 Å². The molecule has 1 amide bonds. The Hall–Kier alpha value is -2.57. The van der Waals surface area contributed by atoms with E-state index < -0.39 is 5.97 Å². The summed E-state index contributed by atoms with van der Waals surface area (Å²) in [7, 11) is 0. The van der Waals surface area contributed by atoms with E-state index in [0.717, 1.165) is 0 Å². The van der Waals surface area contributed by atoms with Crippen LogP contribution in [0.2, 0.25) is 0 Å². The maximum atomic E-state index is 11.8. The minimum absolute atomic E-state index is 0.191. The number of esters is 1. The van der Waals surface area contributed by atoms with Crippen LogP contribution in [0, 0.1) is 0 Å². The van der Waals surface area contributed by atoms with Gasteiger partial charge in [0.25, 0.3) is 5.91 Å². The highest BCUT2D eigenvalue weighted by atomic mass is 16.5. The summed E-state index contributed by atoms with van der Waals surface area (Å²) in [6, 6.07) is 3.32. The molecule has 2 aromatic heterocycles. The first kappa shape index (κ1) is 11.9. The molecule has 0 saturated carbocycles. The maximum absolute atomic E-state index is 11.8. The molecule has 0 atom stereocenters. The van der Waals surface area contributed by atoms with E-state index in [4.69, 9.17) is 4.74 Å². The van der Waals surface area contributed by atoms with E-state index in [0.29, 0.717) is 5.69 Å². The number of carbonyl (C=O) groups excluding carboxylic acids is 2. The van der Waals surface area contributed by atoms with Crippen LogP contribution >= 0.6 is 0 Å². The molecule has 0 aromatic carbocycles. The number of anilines is 1. The second-order valence-electron chi connectivity index (χ2n) is 3.42. The molecule has 0 fully saturated rings. The normalized spacial score (nSPS) is 10.1. The van der Waals surface area contributed by atoms with Crippen molar-refractivity contribution in [1.29, 1.82) is 0 Å². The van der Waals surface area contributed by atoms with Crippen LogP contribution in [-0.2, 0) is 4.74 Å². The number of aromatic nitrogens is 3. The lowest BCUT2D eigenvalue weighted by Gasteiger charge is -2.04. The Bertz CT molecular complexity index is 544. The number of amides is 1. The Balaban J connectivity index is 2.13. The molecule has 3 N–H and O–H groups in total. The van der Waals surface area contributed by atoms with Crippen LogP contribution < -0.4 is 5.32 Å². The largest absolute Gasteiger partial charge is 0.462 e. The van der Waals surface area contributed by atoms with Gasteiger partial charge in [0.15, 0.2) is 0 Å². The number of hydrogen-bond donors (Lipinski definition) is 3. The third-order valence-corrected chi connectivity index (χ3v) is 2.22. The summed E-state index contributed by atoms with van der Waals surface area (Å²) in [5.74, 6) is -0.684. The lowest BCUT2D eigenvalue weighted by Crippen LogP contribution is -2.15. The zero-order chi connectivity index (χ0) is 13.0. The summed E-state index contributed by atoms with van der Waals surface area (Å²) in [5, 5.41) is 8.79. The summed E-state index contributed by atoms with van der Waals surface area (Å²) >= 11 is 0. The van der Waals surface area contributed by atoms with Crippen LogP contribution in [0.1, 0.15) is 27.8 Å². The molecule has 7 heteroatoms. The van der Waals surface area contributed by atoms with E-state index >= 15 is 0 Å². The Morgan fingerprint density at radius 3 is 3.00 bits per heavy atom. The quantitative estimate of drug-likeness (QED) is 0.707. The average molecular weight is 248 g/mol. The number of H-pyrrole nitrogens is 2. The van der Waals surface area contributed by atoms with Crippen LogP contribution in [-0.4, -0.2) is 33.7 Å². The van der Waals surface area contributed by atoms with Crippen LogP contribution in [0.4, 0.5) is 5.82 Å². The minimum Gasteiger partial charge on any atom is -0.462 e.